The third-order valence-corrected chi connectivity index (χ3v) is 0.945. The van der Waals surface area contributed by atoms with Crippen molar-refractivity contribution in [2.45, 2.75) is 0 Å². The molecule has 0 bridgehead atoms. The van der Waals surface area contributed by atoms with Gasteiger partial charge in [0, 0.05) is 6.20 Å². The molecule has 0 radical (unpaired) electrons. The highest BCUT2D eigenvalue weighted by Gasteiger charge is 1.99. The van der Waals surface area contributed by atoms with Crippen molar-refractivity contribution in [3.63, 3.8) is 0 Å². The van der Waals surface area contributed by atoms with Crippen molar-refractivity contribution in [1.82, 2.24) is 5.32 Å². The van der Waals surface area contributed by atoms with Crippen LogP contribution in [0, 0.1) is 0 Å². The molecule has 0 saturated heterocycles. The fraction of sp³-hybridized carbons (Fsp3) is 0.250. The Hall–Kier alpha value is -0.570. The molecule has 0 saturated carbocycles. The molecule has 0 aromatic carbocycles. The molecule has 0 aromatic rings. The lowest BCUT2D eigenvalue weighted by Gasteiger charge is -2.01. The Morgan fingerprint density at radius 1 is 1.88 bits per heavy atom. The summed E-state index contributed by atoms with van der Waals surface area (Å²) in [6.45, 7) is 0.250. The van der Waals surface area contributed by atoms with Crippen LogP contribution in [0.2, 0.25) is 0 Å². The zero-order valence-corrected chi connectivity index (χ0v) is 4.74. The molecule has 0 aromatic heterocycles. The molecular weight excluding hydrogens is 131 g/mol. The maximum absolute atomic E-state index is 11.9. The van der Waals surface area contributed by atoms with Crippen molar-refractivity contribution in [2.24, 2.45) is 4.99 Å². The Morgan fingerprint density at radius 3 is 3.00 bits per heavy atom. The first kappa shape index (κ1) is 5.56. The number of rotatable bonds is 0. The van der Waals surface area contributed by atoms with Gasteiger partial charge in [0.05, 0.1) is 11.6 Å². The Labute approximate surface area is 51.1 Å². The predicted octanol–water partition coefficient (Wildman–Crippen LogP) is 0.995. The predicted molar refractivity (Wildman–Crippen MR) is 30.5 cm³/mol. The van der Waals surface area contributed by atoms with Gasteiger partial charge in [-0.15, -0.1) is 0 Å². The molecule has 0 amide bonds. The summed E-state index contributed by atoms with van der Waals surface area (Å²) in [4.78, 5) is 3.35. The van der Waals surface area contributed by atoms with Gasteiger partial charge in [-0.2, -0.15) is 4.39 Å². The number of halogens is 2. The minimum atomic E-state index is -0.575. The topological polar surface area (TPSA) is 24.4 Å². The van der Waals surface area contributed by atoms with Crippen LogP contribution in [-0.2, 0) is 0 Å². The number of aliphatic imine (C=N–C) groups is 1. The van der Waals surface area contributed by atoms with Gasteiger partial charge < -0.3 is 5.32 Å². The fourth-order valence-corrected chi connectivity index (χ4v) is 0.488. The van der Waals surface area contributed by atoms with Crippen molar-refractivity contribution >= 4 is 17.7 Å². The van der Waals surface area contributed by atoms with Crippen molar-refractivity contribution in [1.29, 1.82) is 0 Å². The summed E-state index contributed by atoms with van der Waals surface area (Å²) in [5, 5.41) is 2.74. The zero-order valence-electron chi connectivity index (χ0n) is 3.99. The SMILES string of the molecule is FC1=NCC(Cl)=CN1. The molecule has 8 heavy (non-hydrogen) atoms. The summed E-state index contributed by atoms with van der Waals surface area (Å²) >= 11 is 5.41. The maximum atomic E-state index is 11.9. The molecule has 0 fully saturated rings. The number of nitrogens with zero attached hydrogens (tertiary/aromatic N) is 1. The molecular formula is C4H4ClFN2. The molecule has 44 valence electrons. The van der Waals surface area contributed by atoms with Gasteiger partial charge in [0.1, 0.15) is 0 Å². The summed E-state index contributed by atoms with van der Waals surface area (Å²) in [5.41, 5.74) is 0. The molecule has 1 heterocycles. The van der Waals surface area contributed by atoms with E-state index in [4.69, 9.17) is 11.6 Å². The van der Waals surface area contributed by atoms with E-state index in [0.29, 0.717) is 5.03 Å². The van der Waals surface area contributed by atoms with E-state index in [9.17, 15) is 4.39 Å². The summed E-state index contributed by atoms with van der Waals surface area (Å²) in [7, 11) is 0. The van der Waals surface area contributed by atoms with E-state index in [2.05, 4.69) is 10.3 Å². The molecule has 1 N–H and O–H groups in total. The van der Waals surface area contributed by atoms with E-state index in [1.165, 1.54) is 6.20 Å². The second kappa shape index (κ2) is 2.13. The lowest BCUT2D eigenvalue weighted by molar-refractivity contribution is 0.743. The van der Waals surface area contributed by atoms with Gasteiger partial charge in [-0.05, 0) is 0 Å². The van der Waals surface area contributed by atoms with E-state index in [1.54, 1.807) is 0 Å². The Kier molecular flexibility index (Phi) is 1.48. The molecule has 1 rings (SSSR count). The molecule has 1 aliphatic rings. The third-order valence-electron chi connectivity index (χ3n) is 0.717. The molecule has 0 spiro atoms. The monoisotopic (exact) mass is 134 g/mol. The fourth-order valence-electron chi connectivity index (χ4n) is 0.374. The zero-order chi connectivity index (χ0) is 5.98. The van der Waals surface area contributed by atoms with Crippen LogP contribution in [0.25, 0.3) is 0 Å². The Morgan fingerprint density at radius 2 is 2.62 bits per heavy atom. The third kappa shape index (κ3) is 1.20. The number of hydrogen-bond acceptors (Lipinski definition) is 2. The minimum absolute atomic E-state index is 0.250. The van der Waals surface area contributed by atoms with Gasteiger partial charge in [0.15, 0.2) is 0 Å². The highest BCUT2D eigenvalue weighted by Crippen LogP contribution is 2.03. The van der Waals surface area contributed by atoms with Gasteiger partial charge in [-0.1, -0.05) is 11.6 Å². The van der Waals surface area contributed by atoms with Gasteiger partial charge >= 0.3 is 0 Å². The van der Waals surface area contributed by atoms with Crippen LogP contribution in [0.15, 0.2) is 16.2 Å². The van der Waals surface area contributed by atoms with Crippen molar-refractivity contribution in [3.05, 3.63) is 11.2 Å². The van der Waals surface area contributed by atoms with Crippen molar-refractivity contribution in [3.8, 4) is 0 Å². The van der Waals surface area contributed by atoms with Gasteiger partial charge in [-0.3, -0.25) is 0 Å². The lowest BCUT2D eigenvalue weighted by Crippen LogP contribution is -2.16. The van der Waals surface area contributed by atoms with E-state index < -0.39 is 6.09 Å². The Bertz CT molecular complexity index is 134. The van der Waals surface area contributed by atoms with Crippen molar-refractivity contribution < 1.29 is 4.39 Å². The van der Waals surface area contributed by atoms with Crippen LogP contribution in [-0.4, -0.2) is 12.6 Å². The summed E-state index contributed by atoms with van der Waals surface area (Å²) in [5.74, 6) is 0. The Balaban J connectivity index is 2.54. The molecule has 4 heteroatoms. The molecule has 2 nitrogen and oxygen atoms in total. The molecule has 0 aliphatic carbocycles. The van der Waals surface area contributed by atoms with E-state index in [-0.39, 0.29) is 6.54 Å². The van der Waals surface area contributed by atoms with Crippen LogP contribution < -0.4 is 5.32 Å². The van der Waals surface area contributed by atoms with Crippen LogP contribution in [0.1, 0.15) is 0 Å². The van der Waals surface area contributed by atoms with Gasteiger partial charge in [0.2, 0.25) is 0 Å². The van der Waals surface area contributed by atoms with Gasteiger partial charge in [-0.25, -0.2) is 4.99 Å². The molecule has 1 aliphatic heterocycles. The normalized spacial score (nSPS) is 18.8. The van der Waals surface area contributed by atoms with Crippen molar-refractivity contribution in [2.75, 3.05) is 6.54 Å². The average molecular weight is 135 g/mol. The van der Waals surface area contributed by atoms with Gasteiger partial charge in [0.25, 0.3) is 6.09 Å². The summed E-state index contributed by atoms with van der Waals surface area (Å²) in [6.07, 6.45) is 0.804. The molecule has 0 unspecified atom stereocenters. The first-order valence-electron chi connectivity index (χ1n) is 2.10. The highest BCUT2D eigenvalue weighted by atomic mass is 35.5. The first-order chi connectivity index (χ1) is 3.79. The maximum Gasteiger partial charge on any atom is 0.282 e. The van der Waals surface area contributed by atoms with E-state index >= 15 is 0 Å². The standard InChI is InChI=1S/C4H4ClFN2/c5-3-1-7-4(6)8-2-3/h1H,2H2,(H,7,8). The second-order valence-corrected chi connectivity index (χ2v) is 1.83. The van der Waals surface area contributed by atoms with Crippen LogP contribution >= 0.6 is 11.6 Å². The number of hydrogen-bond donors (Lipinski definition) is 1. The highest BCUT2D eigenvalue weighted by molar-refractivity contribution is 6.30. The van der Waals surface area contributed by atoms with E-state index in [0.717, 1.165) is 0 Å². The molecule has 0 atom stereocenters. The van der Waals surface area contributed by atoms with Crippen LogP contribution in [0.4, 0.5) is 4.39 Å². The lowest BCUT2D eigenvalue weighted by atomic mass is 10.5. The van der Waals surface area contributed by atoms with E-state index in [1.807, 2.05) is 0 Å². The quantitative estimate of drug-likeness (QED) is 0.491. The largest absolute Gasteiger partial charge is 0.322 e. The van der Waals surface area contributed by atoms with Crippen LogP contribution in [0.3, 0.4) is 0 Å². The minimum Gasteiger partial charge on any atom is -0.322 e. The van der Waals surface area contributed by atoms with Crippen LogP contribution in [0.5, 0.6) is 0 Å². The first-order valence-corrected chi connectivity index (χ1v) is 2.48. The number of amidine groups is 1. The summed E-state index contributed by atoms with van der Waals surface area (Å²) < 4.78 is 11.9. The smallest absolute Gasteiger partial charge is 0.282 e. The number of nitrogens with one attached hydrogen (secondary N) is 1. The second-order valence-electron chi connectivity index (χ2n) is 1.34. The summed E-state index contributed by atoms with van der Waals surface area (Å²) in [6, 6.07) is 0. The average Bonchev–Trinajstić information content (AvgIpc) is 1.77.